The second-order valence-corrected chi connectivity index (χ2v) is 6.07. The van der Waals surface area contributed by atoms with Crippen LogP contribution >= 0.6 is 0 Å². The molecule has 0 bridgehead atoms. The quantitative estimate of drug-likeness (QED) is 0.865. The van der Waals surface area contributed by atoms with Gasteiger partial charge in [0.15, 0.2) is 0 Å². The summed E-state index contributed by atoms with van der Waals surface area (Å²) in [6, 6.07) is 9.41. The lowest BCUT2D eigenvalue weighted by Gasteiger charge is -2.30. The van der Waals surface area contributed by atoms with Crippen molar-refractivity contribution in [2.75, 3.05) is 18.0 Å². The zero-order chi connectivity index (χ0) is 13.1. The van der Waals surface area contributed by atoms with E-state index < -0.39 is 0 Å². The molecule has 0 radical (unpaired) electrons. The van der Waals surface area contributed by atoms with Crippen molar-refractivity contribution in [1.82, 2.24) is 0 Å². The van der Waals surface area contributed by atoms with Gasteiger partial charge in [-0.2, -0.15) is 0 Å². The number of nitrogens with zero attached hydrogens (tertiary/aromatic N) is 1. The van der Waals surface area contributed by atoms with Gasteiger partial charge in [-0.3, -0.25) is 0 Å². The summed E-state index contributed by atoms with van der Waals surface area (Å²) in [6.45, 7) is 8.79. The smallest absolute Gasteiger partial charge is 0.0402 e. The van der Waals surface area contributed by atoms with E-state index in [-0.39, 0.29) is 0 Å². The molecule has 1 aliphatic rings. The third-order valence-electron chi connectivity index (χ3n) is 3.94. The average molecular weight is 246 g/mol. The van der Waals surface area contributed by atoms with Gasteiger partial charge >= 0.3 is 0 Å². The van der Waals surface area contributed by atoms with E-state index in [0.717, 1.165) is 19.0 Å². The first-order chi connectivity index (χ1) is 8.61. The molecule has 100 valence electrons. The molecular weight excluding hydrogens is 220 g/mol. The van der Waals surface area contributed by atoms with Gasteiger partial charge in [-0.1, -0.05) is 32.0 Å². The fourth-order valence-corrected chi connectivity index (χ4v) is 3.10. The molecule has 2 heteroatoms. The van der Waals surface area contributed by atoms with Crippen LogP contribution < -0.4 is 10.6 Å². The Morgan fingerprint density at radius 1 is 1.33 bits per heavy atom. The molecule has 1 aromatic carbocycles. The van der Waals surface area contributed by atoms with Crippen LogP contribution in [0.5, 0.6) is 0 Å². The van der Waals surface area contributed by atoms with Crippen molar-refractivity contribution in [3.05, 3.63) is 29.8 Å². The van der Waals surface area contributed by atoms with E-state index in [0.29, 0.717) is 12.0 Å². The molecule has 2 rings (SSSR count). The minimum Gasteiger partial charge on any atom is -0.368 e. The molecule has 0 saturated heterocycles. The summed E-state index contributed by atoms with van der Waals surface area (Å²) in [7, 11) is 0. The maximum absolute atomic E-state index is 5.94. The Labute approximate surface area is 111 Å². The molecule has 1 aromatic rings. The molecule has 0 saturated carbocycles. The van der Waals surface area contributed by atoms with Gasteiger partial charge in [0, 0.05) is 18.3 Å². The predicted octanol–water partition coefficient (Wildman–Crippen LogP) is 3.06. The van der Waals surface area contributed by atoms with E-state index in [4.69, 9.17) is 5.73 Å². The molecule has 1 aliphatic heterocycles. The summed E-state index contributed by atoms with van der Waals surface area (Å²) >= 11 is 0. The molecule has 2 N–H and O–H groups in total. The van der Waals surface area contributed by atoms with Gasteiger partial charge in [0.25, 0.3) is 0 Å². The van der Waals surface area contributed by atoms with Crippen molar-refractivity contribution in [2.45, 2.75) is 39.7 Å². The van der Waals surface area contributed by atoms with Crippen LogP contribution in [-0.4, -0.2) is 19.1 Å². The van der Waals surface area contributed by atoms with Gasteiger partial charge in [-0.05, 0) is 49.8 Å². The van der Waals surface area contributed by atoms with E-state index in [1.54, 1.807) is 0 Å². The highest BCUT2D eigenvalue weighted by atomic mass is 15.2. The summed E-state index contributed by atoms with van der Waals surface area (Å²) < 4.78 is 0. The monoisotopic (exact) mass is 246 g/mol. The maximum Gasteiger partial charge on any atom is 0.0402 e. The number of nitrogens with two attached hydrogens (primary N) is 1. The third-order valence-corrected chi connectivity index (χ3v) is 3.94. The first-order valence-corrected chi connectivity index (χ1v) is 7.16. The Morgan fingerprint density at radius 2 is 2.06 bits per heavy atom. The molecule has 0 aromatic heterocycles. The van der Waals surface area contributed by atoms with Crippen LogP contribution in [0.25, 0.3) is 0 Å². The highest BCUT2D eigenvalue weighted by Gasteiger charge is 2.27. The zero-order valence-electron chi connectivity index (χ0n) is 11.9. The van der Waals surface area contributed by atoms with Crippen molar-refractivity contribution >= 4 is 5.69 Å². The number of benzene rings is 1. The largest absolute Gasteiger partial charge is 0.368 e. The van der Waals surface area contributed by atoms with Gasteiger partial charge in [-0.15, -0.1) is 0 Å². The Kier molecular flexibility index (Phi) is 4.28. The summed E-state index contributed by atoms with van der Waals surface area (Å²) in [6.07, 6.45) is 2.40. The second-order valence-electron chi connectivity index (χ2n) is 6.07. The van der Waals surface area contributed by atoms with E-state index in [2.05, 4.69) is 49.9 Å². The van der Waals surface area contributed by atoms with E-state index in [9.17, 15) is 0 Å². The molecule has 2 atom stereocenters. The number of rotatable bonds is 5. The minimum atomic E-state index is 0.610. The summed E-state index contributed by atoms with van der Waals surface area (Å²) in [5.41, 5.74) is 8.85. The van der Waals surface area contributed by atoms with Crippen LogP contribution in [0.3, 0.4) is 0 Å². The van der Waals surface area contributed by atoms with Gasteiger partial charge in [0.05, 0.1) is 0 Å². The van der Waals surface area contributed by atoms with E-state index >= 15 is 0 Å². The first kappa shape index (κ1) is 13.4. The Bertz CT molecular complexity index is 386. The summed E-state index contributed by atoms with van der Waals surface area (Å²) in [5, 5.41) is 0. The second kappa shape index (κ2) is 5.75. The number of fused-ring (bicyclic) bond motifs is 1. The summed E-state index contributed by atoms with van der Waals surface area (Å²) in [5.74, 6) is 1.34. The number of anilines is 1. The minimum absolute atomic E-state index is 0.610. The first-order valence-electron chi connectivity index (χ1n) is 7.16. The molecule has 0 amide bonds. The Hall–Kier alpha value is -1.02. The zero-order valence-corrected chi connectivity index (χ0v) is 11.9. The van der Waals surface area contributed by atoms with Gasteiger partial charge in [0.2, 0.25) is 0 Å². The highest BCUT2D eigenvalue weighted by Crippen LogP contribution is 2.32. The summed E-state index contributed by atoms with van der Waals surface area (Å²) in [4.78, 5) is 2.55. The van der Waals surface area contributed by atoms with Crippen molar-refractivity contribution in [2.24, 2.45) is 17.6 Å². The van der Waals surface area contributed by atoms with E-state index in [1.807, 2.05) is 0 Å². The van der Waals surface area contributed by atoms with Crippen LogP contribution in [0, 0.1) is 11.8 Å². The average Bonchev–Trinajstić information content (AvgIpc) is 2.64. The fourth-order valence-electron chi connectivity index (χ4n) is 3.10. The molecule has 0 aliphatic carbocycles. The number of para-hydroxylation sites is 1. The van der Waals surface area contributed by atoms with Crippen LogP contribution in [0.1, 0.15) is 32.8 Å². The highest BCUT2D eigenvalue weighted by molar-refractivity contribution is 5.59. The molecule has 0 fully saturated rings. The van der Waals surface area contributed by atoms with Crippen LogP contribution in [0.4, 0.5) is 5.69 Å². The SMILES string of the molecule is CC(C)CC(CN)CN1c2ccccc2CC1C. The van der Waals surface area contributed by atoms with Gasteiger partial charge in [-0.25, -0.2) is 0 Å². The number of hydrogen-bond acceptors (Lipinski definition) is 2. The van der Waals surface area contributed by atoms with Crippen LogP contribution in [0.2, 0.25) is 0 Å². The van der Waals surface area contributed by atoms with Crippen molar-refractivity contribution in [3.63, 3.8) is 0 Å². The predicted molar refractivity (Wildman–Crippen MR) is 79.0 cm³/mol. The van der Waals surface area contributed by atoms with Gasteiger partial charge < -0.3 is 10.6 Å². The number of hydrogen-bond donors (Lipinski definition) is 1. The lowest BCUT2D eigenvalue weighted by Crippen LogP contribution is -2.37. The van der Waals surface area contributed by atoms with Crippen molar-refractivity contribution in [3.8, 4) is 0 Å². The Morgan fingerprint density at radius 3 is 2.72 bits per heavy atom. The van der Waals surface area contributed by atoms with Gasteiger partial charge in [0.1, 0.15) is 0 Å². The fraction of sp³-hybridized carbons (Fsp3) is 0.625. The lowest BCUT2D eigenvalue weighted by atomic mass is 9.96. The topological polar surface area (TPSA) is 29.3 Å². The Balaban J connectivity index is 2.09. The lowest BCUT2D eigenvalue weighted by molar-refractivity contribution is 0.407. The van der Waals surface area contributed by atoms with Crippen LogP contribution in [0.15, 0.2) is 24.3 Å². The standard InChI is InChI=1S/C16H26N2/c1-12(2)8-14(10-17)11-18-13(3)9-15-6-4-5-7-16(15)18/h4-7,12-14H,8-11,17H2,1-3H3. The molecule has 2 nitrogen and oxygen atoms in total. The van der Waals surface area contributed by atoms with E-state index in [1.165, 1.54) is 24.1 Å². The maximum atomic E-state index is 5.94. The molecule has 2 unspecified atom stereocenters. The molecule has 1 heterocycles. The van der Waals surface area contributed by atoms with Crippen molar-refractivity contribution < 1.29 is 0 Å². The molecule has 0 spiro atoms. The molecular formula is C16H26N2. The molecule has 18 heavy (non-hydrogen) atoms. The third kappa shape index (κ3) is 2.86. The normalized spacial score (nSPS) is 20.3. The van der Waals surface area contributed by atoms with Crippen molar-refractivity contribution in [1.29, 1.82) is 0 Å². The van der Waals surface area contributed by atoms with Crippen LogP contribution in [-0.2, 0) is 6.42 Å².